The Morgan fingerprint density at radius 3 is 2.43 bits per heavy atom. The van der Waals surface area contributed by atoms with Crippen LogP contribution in [0, 0.1) is 0 Å². The molecular formula is C13H20N4O3S. The number of esters is 1. The van der Waals surface area contributed by atoms with E-state index in [9.17, 15) is 9.59 Å². The molecule has 0 saturated carbocycles. The van der Waals surface area contributed by atoms with E-state index >= 15 is 0 Å². The van der Waals surface area contributed by atoms with E-state index in [4.69, 9.17) is 4.74 Å². The highest BCUT2D eigenvalue weighted by atomic mass is 32.1. The van der Waals surface area contributed by atoms with Crippen LogP contribution in [0.15, 0.2) is 0 Å². The molecule has 2 atom stereocenters. The van der Waals surface area contributed by atoms with E-state index in [2.05, 4.69) is 10.2 Å². The number of ether oxygens (including phenoxy) is 1. The van der Waals surface area contributed by atoms with Crippen LogP contribution in [0.25, 0.3) is 0 Å². The zero-order chi connectivity index (χ0) is 15.9. The van der Waals surface area contributed by atoms with Crippen molar-refractivity contribution in [2.24, 2.45) is 0 Å². The third kappa shape index (κ3) is 2.85. The highest BCUT2D eigenvalue weighted by Crippen LogP contribution is 2.34. The van der Waals surface area contributed by atoms with Crippen molar-refractivity contribution in [2.45, 2.75) is 52.3 Å². The van der Waals surface area contributed by atoms with Gasteiger partial charge in [0.15, 0.2) is 0 Å². The lowest BCUT2D eigenvalue weighted by atomic mass is 9.98. The Labute approximate surface area is 127 Å². The van der Waals surface area contributed by atoms with Crippen LogP contribution < -0.4 is 4.90 Å². The van der Waals surface area contributed by atoms with Crippen molar-refractivity contribution in [1.82, 2.24) is 15.1 Å². The molecule has 1 saturated heterocycles. The molecule has 0 unspecified atom stereocenters. The maximum atomic E-state index is 12.4. The van der Waals surface area contributed by atoms with E-state index in [1.54, 1.807) is 7.05 Å². The number of likely N-dealkylation sites (N-methyl/N-ethyl adjacent to an activating group) is 1. The summed E-state index contributed by atoms with van der Waals surface area (Å²) in [5.74, 6) is -0.430. The second-order valence-corrected chi connectivity index (χ2v) is 7.10. The third-order valence-electron chi connectivity index (χ3n) is 3.33. The van der Waals surface area contributed by atoms with E-state index < -0.39 is 12.2 Å². The molecule has 2 heterocycles. The largest absolute Gasteiger partial charge is 0.439 e. The Bertz CT molecular complexity index is 566. The lowest BCUT2D eigenvalue weighted by molar-refractivity contribution is -0.146. The summed E-state index contributed by atoms with van der Waals surface area (Å²) in [5, 5.41) is 9.52. The number of nitrogens with zero attached hydrogens (tertiary/aromatic N) is 4. The molecule has 0 aromatic carbocycles. The molecule has 0 bridgehead atoms. The fraction of sp³-hybridized carbons (Fsp3) is 0.692. The van der Waals surface area contributed by atoms with Crippen LogP contribution in [-0.4, -0.2) is 46.4 Å². The Morgan fingerprint density at radius 1 is 1.33 bits per heavy atom. The maximum absolute atomic E-state index is 12.4. The third-order valence-corrected chi connectivity index (χ3v) is 4.68. The number of hydrogen-bond acceptors (Lipinski definition) is 6. The van der Waals surface area contributed by atoms with E-state index in [0.717, 1.165) is 5.01 Å². The lowest BCUT2D eigenvalue weighted by Crippen LogP contribution is -2.39. The quantitative estimate of drug-likeness (QED) is 0.781. The molecule has 0 N–H and O–H groups in total. The molecule has 7 nitrogen and oxygen atoms in total. The average molecular weight is 312 g/mol. The van der Waals surface area contributed by atoms with Gasteiger partial charge in [0.2, 0.25) is 11.4 Å². The summed E-state index contributed by atoms with van der Waals surface area (Å²) in [6, 6.07) is -0.492. The summed E-state index contributed by atoms with van der Waals surface area (Å²) in [7, 11) is 1.68. The molecule has 0 radical (unpaired) electrons. The summed E-state index contributed by atoms with van der Waals surface area (Å²) in [6.45, 7) is 9.25. The second-order valence-electron chi connectivity index (χ2n) is 6.14. The molecule has 0 spiro atoms. The fourth-order valence-electron chi connectivity index (χ4n) is 1.99. The predicted octanol–water partition coefficient (Wildman–Crippen LogP) is 1.99. The Kier molecular flexibility index (Phi) is 3.92. The Morgan fingerprint density at radius 2 is 1.95 bits per heavy atom. The number of hydrogen-bond donors (Lipinski definition) is 0. The molecule has 21 heavy (non-hydrogen) atoms. The first-order valence-corrected chi connectivity index (χ1v) is 7.52. The van der Waals surface area contributed by atoms with Crippen LogP contribution >= 0.6 is 11.3 Å². The summed E-state index contributed by atoms with van der Waals surface area (Å²) < 4.78 is 5.29. The lowest BCUT2D eigenvalue weighted by Gasteiger charge is -2.22. The van der Waals surface area contributed by atoms with Crippen molar-refractivity contribution in [3.05, 3.63) is 5.01 Å². The molecule has 8 heteroatoms. The highest BCUT2D eigenvalue weighted by Gasteiger charge is 2.46. The van der Waals surface area contributed by atoms with Gasteiger partial charge in [-0.3, -0.25) is 4.79 Å². The van der Waals surface area contributed by atoms with Gasteiger partial charge in [0.05, 0.1) is 6.04 Å². The summed E-state index contributed by atoms with van der Waals surface area (Å²) in [5.41, 5.74) is -0.146. The predicted molar refractivity (Wildman–Crippen MR) is 79.3 cm³/mol. The smallest absolute Gasteiger partial charge is 0.329 e. The maximum Gasteiger partial charge on any atom is 0.329 e. The highest BCUT2D eigenvalue weighted by molar-refractivity contribution is 7.15. The van der Waals surface area contributed by atoms with Gasteiger partial charge in [-0.2, -0.15) is 0 Å². The van der Waals surface area contributed by atoms with E-state index in [1.807, 2.05) is 27.7 Å². The van der Waals surface area contributed by atoms with Crippen LogP contribution in [0.5, 0.6) is 0 Å². The number of amides is 2. The SMILES string of the molecule is CC(=O)O[C@@H]1[C@H](C)N(C)C(=O)N1c1nnc(C(C)(C)C)s1. The van der Waals surface area contributed by atoms with Gasteiger partial charge in [-0.15, -0.1) is 10.2 Å². The number of urea groups is 1. The molecule has 1 aromatic heterocycles. The zero-order valence-corrected chi connectivity index (χ0v) is 13.9. The molecule has 2 amide bonds. The minimum Gasteiger partial charge on any atom is -0.439 e. The molecule has 1 aliphatic heterocycles. The van der Waals surface area contributed by atoms with Crippen molar-refractivity contribution in [3.63, 3.8) is 0 Å². The van der Waals surface area contributed by atoms with Crippen molar-refractivity contribution in [2.75, 3.05) is 11.9 Å². The fourth-order valence-corrected chi connectivity index (χ4v) is 2.91. The van der Waals surface area contributed by atoms with Gasteiger partial charge in [-0.05, 0) is 6.92 Å². The standard InChI is InChI=1S/C13H20N4O3S/c1-7-9(20-8(2)18)17(12(19)16(7)6)11-15-14-10(21-11)13(3,4)5/h7,9H,1-6H3/t7-,9+/m0/s1. The van der Waals surface area contributed by atoms with E-state index in [1.165, 1.54) is 28.1 Å². The van der Waals surface area contributed by atoms with Crippen molar-refractivity contribution >= 4 is 28.5 Å². The van der Waals surface area contributed by atoms with Crippen LogP contribution in [0.3, 0.4) is 0 Å². The number of carbonyl (C=O) groups is 2. The molecule has 2 rings (SSSR count). The normalized spacial score (nSPS) is 22.9. The molecule has 1 fully saturated rings. The first-order chi connectivity index (χ1) is 9.62. The van der Waals surface area contributed by atoms with Gasteiger partial charge < -0.3 is 9.64 Å². The minimum atomic E-state index is -0.680. The number of carbonyl (C=O) groups excluding carboxylic acids is 2. The van der Waals surface area contributed by atoms with Crippen LogP contribution in [0.1, 0.15) is 39.6 Å². The average Bonchev–Trinajstić information content (AvgIpc) is 2.90. The molecular weight excluding hydrogens is 292 g/mol. The summed E-state index contributed by atoms with van der Waals surface area (Å²) >= 11 is 1.34. The number of aromatic nitrogens is 2. The van der Waals surface area contributed by atoms with Crippen LogP contribution in [0.4, 0.5) is 9.93 Å². The Balaban J connectivity index is 2.37. The molecule has 116 valence electrons. The molecule has 1 aromatic rings. The Hall–Kier alpha value is -1.70. The summed E-state index contributed by atoms with van der Waals surface area (Å²) in [4.78, 5) is 26.6. The van der Waals surface area contributed by atoms with Gasteiger partial charge in [-0.1, -0.05) is 32.1 Å². The zero-order valence-electron chi connectivity index (χ0n) is 13.1. The van der Waals surface area contributed by atoms with Crippen molar-refractivity contribution in [3.8, 4) is 0 Å². The van der Waals surface area contributed by atoms with Crippen LogP contribution in [-0.2, 0) is 14.9 Å². The van der Waals surface area contributed by atoms with Gasteiger partial charge in [0.1, 0.15) is 5.01 Å². The molecule has 1 aliphatic rings. The monoisotopic (exact) mass is 312 g/mol. The first kappa shape index (κ1) is 15.7. The van der Waals surface area contributed by atoms with Gasteiger partial charge in [0.25, 0.3) is 0 Å². The number of anilines is 1. The first-order valence-electron chi connectivity index (χ1n) is 6.70. The minimum absolute atomic E-state index is 0.146. The van der Waals surface area contributed by atoms with Gasteiger partial charge in [0, 0.05) is 19.4 Å². The summed E-state index contributed by atoms with van der Waals surface area (Å²) in [6.07, 6.45) is -0.680. The molecule has 0 aliphatic carbocycles. The van der Waals surface area contributed by atoms with Crippen molar-refractivity contribution in [1.29, 1.82) is 0 Å². The van der Waals surface area contributed by atoms with Gasteiger partial charge >= 0.3 is 12.0 Å². The van der Waals surface area contributed by atoms with Gasteiger partial charge in [-0.25, -0.2) is 9.69 Å². The second kappa shape index (κ2) is 5.25. The number of rotatable bonds is 2. The van der Waals surface area contributed by atoms with E-state index in [0.29, 0.717) is 5.13 Å². The topological polar surface area (TPSA) is 75.6 Å². The van der Waals surface area contributed by atoms with Crippen molar-refractivity contribution < 1.29 is 14.3 Å². The van der Waals surface area contributed by atoms with E-state index in [-0.39, 0.29) is 17.5 Å². The van der Waals surface area contributed by atoms with Crippen LogP contribution in [0.2, 0.25) is 0 Å².